The van der Waals surface area contributed by atoms with Crippen LogP contribution in [0.1, 0.15) is 93.8 Å². The van der Waals surface area contributed by atoms with Crippen LogP contribution in [-0.2, 0) is 24.0 Å². The number of urea groups is 1. The van der Waals surface area contributed by atoms with Crippen LogP contribution in [0, 0.1) is 23.3 Å². The minimum atomic E-state index is -2.12. The molecular formula is C35H46F4N8O9S3. The van der Waals surface area contributed by atoms with E-state index in [9.17, 15) is 51.1 Å². The van der Waals surface area contributed by atoms with Crippen molar-refractivity contribution in [1.29, 1.82) is 0 Å². The van der Waals surface area contributed by atoms with Gasteiger partial charge in [0.2, 0.25) is 11.8 Å². The number of ketones is 1. The zero-order valence-corrected chi connectivity index (χ0v) is 34.2. The Balaban J connectivity index is 1.44. The molecule has 59 heavy (non-hydrogen) atoms. The number of hydrogen-bond acceptors (Lipinski definition) is 11. The Morgan fingerprint density at radius 3 is 2.12 bits per heavy atom. The smallest absolute Gasteiger partial charge is 0.315 e. The Kier molecular flexibility index (Phi) is 20.4. The Hall–Kier alpha value is -4.41. The van der Waals surface area contributed by atoms with Gasteiger partial charge in [0, 0.05) is 54.5 Å². The number of unbranched alkanes of at least 4 members (excludes halogenated alkanes) is 4. The van der Waals surface area contributed by atoms with Gasteiger partial charge in [-0.05, 0) is 50.5 Å². The molecule has 1 aromatic rings. The summed E-state index contributed by atoms with van der Waals surface area (Å²) in [5, 5.41) is 33.8. The van der Waals surface area contributed by atoms with Gasteiger partial charge in [0.25, 0.3) is 5.91 Å². The molecule has 5 amide bonds. The lowest BCUT2D eigenvalue weighted by Gasteiger charge is -2.32. The molecule has 7 N–H and O–H groups in total. The third kappa shape index (κ3) is 14.7. The molecular weight excluding hydrogens is 849 g/mol. The molecule has 0 spiro atoms. The molecule has 17 nitrogen and oxygen atoms in total. The van der Waals surface area contributed by atoms with Gasteiger partial charge in [0.1, 0.15) is 16.0 Å². The standard InChI is InChI=1S/C35H46F4N8O9S3/c36-26-25(27(37)29(39)30(28(26)38)46-47-40)32(54)43-19(21(48)11-16-58-59-17-12-24(52)53)8-4-7-14-41-22(49)9-2-1-6-15-42-33(55)35(13-5-3-10-23(50)51)31-20(18-57-35)44-34(56)45-31/h19-20,31H,1-18H2,(H,41,49)(H,42,55)(H,43,54)(H,50,51)(H,52,53)(H2,44,45,56)/t19-,20-,31-,35-/m0/s1. The van der Waals surface area contributed by atoms with Crippen LogP contribution in [0.4, 0.5) is 28.0 Å². The van der Waals surface area contributed by atoms with E-state index in [4.69, 9.17) is 15.7 Å². The van der Waals surface area contributed by atoms with E-state index >= 15 is 0 Å². The van der Waals surface area contributed by atoms with Gasteiger partial charge in [-0.1, -0.05) is 39.5 Å². The number of carboxylic acids is 2. The topological polar surface area (TPSA) is 269 Å². The largest absolute Gasteiger partial charge is 0.481 e. The van der Waals surface area contributed by atoms with Gasteiger partial charge in [-0.25, -0.2) is 22.4 Å². The van der Waals surface area contributed by atoms with Crippen molar-refractivity contribution in [3.8, 4) is 0 Å². The lowest BCUT2D eigenvalue weighted by Crippen LogP contribution is -2.56. The van der Waals surface area contributed by atoms with E-state index in [-0.39, 0.29) is 80.5 Å². The first kappa shape index (κ1) is 49.0. The van der Waals surface area contributed by atoms with Gasteiger partial charge in [-0.2, -0.15) is 0 Å². The summed E-state index contributed by atoms with van der Waals surface area (Å²) in [5.41, 5.74) is 5.20. The minimum Gasteiger partial charge on any atom is -0.481 e. The summed E-state index contributed by atoms with van der Waals surface area (Å²) in [5.74, 6) is -12.1. The minimum absolute atomic E-state index is 0.0180. The maximum Gasteiger partial charge on any atom is 0.315 e. The first-order valence-corrected chi connectivity index (χ1v) is 22.3. The number of carboxylic acid groups (broad SMARTS) is 2. The number of amides is 5. The summed E-state index contributed by atoms with van der Waals surface area (Å²) in [7, 11) is 2.40. The molecule has 4 atom stereocenters. The predicted octanol–water partition coefficient (Wildman–Crippen LogP) is 5.24. The third-order valence-electron chi connectivity index (χ3n) is 9.43. The number of thioether (sulfide) groups is 1. The second-order valence-electron chi connectivity index (χ2n) is 13.6. The molecule has 2 saturated heterocycles. The van der Waals surface area contributed by atoms with Crippen molar-refractivity contribution in [3.05, 3.63) is 39.3 Å². The van der Waals surface area contributed by atoms with E-state index in [1.165, 1.54) is 33.3 Å². The van der Waals surface area contributed by atoms with Crippen molar-refractivity contribution < 1.29 is 61.3 Å². The zero-order chi connectivity index (χ0) is 43.5. The van der Waals surface area contributed by atoms with Crippen LogP contribution >= 0.6 is 33.3 Å². The van der Waals surface area contributed by atoms with Crippen molar-refractivity contribution >= 4 is 80.5 Å². The number of Topliss-reactive ketones (excluding diaryl/α,β-unsaturated/α-hetero) is 1. The number of hydrogen-bond donors (Lipinski definition) is 7. The Morgan fingerprint density at radius 1 is 0.831 bits per heavy atom. The van der Waals surface area contributed by atoms with Crippen LogP contribution in [0.5, 0.6) is 0 Å². The van der Waals surface area contributed by atoms with E-state index in [1.807, 2.05) is 0 Å². The fourth-order valence-corrected chi connectivity index (χ4v) is 10.1. The van der Waals surface area contributed by atoms with Crippen molar-refractivity contribution in [2.24, 2.45) is 5.11 Å². The average Bonchev–Trinajstić information content (AvgIpc) is 3.73. The molecule has 2 aliphatic heterocycles. The lowest BCUT2D eigenvalue weighted by atomic mass is 9.88. The van der Waals surface area contributed by atoms with Crippen LogP contribution in [0.3, 0.4) is 0 Å². The second-order valence-corrected chi connectivity index (χ2v) is 17.7. The van der Waals surface area contributed by atoms with Crippen molar-refractivity contribution in [1.82, 2.24) is 26.6 Å². The number of carbonyl (C=O) groups excluding carboxylic acids is 5. The highest BCUT2D eigenvalue weighted by Crippen LogP contribution is 2.44. The van der Waals surface area contributed by atoms with E-state index in [2.05, 4.69) is 36.6 Å². The highest BCUT2D eigenvalue weighted by atomic mass is 33.1. The Labute approximate surface area is 348 Å². The number of rotatable bonds is 28. The number of benzene rings is 1. The van der Waals surface area contributed by atoms with Crippen LogP contribution in [-0.4, -0.2) is 105 Å². The molecule has 326 valence electrons. The van der Waals surface area contributed by atoms with Crippen molar-refractivity contribution in [3.63, 3.8) is 0 Å². The number of halogens is 4. The number of aliphatic carboxylic acids is 2. The molecule has 0 bridgehead atoms. The van der Waals surface area contributed by atoms with Crippen LogP contribution in [0.15, 0.2) is 5.11 Å². The van der Waals surface area contributed by atoms with E-state index in [0.29, 0.717) is 57.2 Å². The molecule has 1 aromatic carbocycles. The molecule has 24 heteroatoms. The maximum atomic E-state index is 14.7. The summed E-state index contributed by atoms with van der Waals surface area (Å²) in [6.45, 7) is 0.514. The van der Waals surface area contributed by atoms with Gasteiger partial charge in [-0.3, -0.25) is 28.8 Å². The maximum absolute atomic E-state index is 14.7. The van der Waals surface area contributed by atoms with Gasteiger partial charge in [0.05, 0.1) is 24.5 Å². The summed E-state index contributed by atoms with van der Waals surface area (Å²) in [6.07, 6.45) is 3.38. The normalized spacial score (nSPS) is 18.5. The molecule has 0 aliphatic carbocycles. The Bertz CT molecular complexity index is 1750. The van der Waals surface area contributed by atoms with Gasteiger partial charge in [-0.15, -0.1) is 11.8 Å². The number of nitrogens with one attached hydrogen (secondary N) is 5. The number of fused-ring (bicyclic) bond motifs is 1. The van der Waals surface area contributed by atoms with Crippen LogP contribution in [0.2, 0.25) is 0 Å². The molecule has 0 aromatic heterocycles. The monoisotopic (exact) mass is 894 g/mol. The molecule has 3 rings (SSSR count). The molecule has 2 heterocycles. The number of nitrogens with zero attached hydrogens (tertiary/aromatic N) is 3. The van der Waals surface area contributed by atoms with Crippen molar-refractivity contribution in [2.45, 2.75) is 106 Å². The summed E-state index contributed by atoms with van der Waals surface area (Å²) >= 11 is 1.44. The molecule has 0 radical (unpaired) electrons. The Morgan fingerprint density at radius 2 is 1.46 bits per heavy atom. The predicted molar refractivity (Wildman–Crippen MR) is 212 cm³/mol. The van der Waals surface area contributed by atoms with E-state index < -0.39 is 75.0 Å². The van der Waals surface area contributed by atoms with Crippen molar-refractivity contribution in [2.75, 3.05) is 30.3 Å². The molecule has 2 fully saturated rings. The molecule has 2 aliphatic rings. The fourth-order valence-electron chi connectivity index (χ4n) is 6.44. The third-order valence-corrected chi connectivity index (χ3v) is 13.5. The molecule has 0 saturated carbocycles. The quantitative estimate of drug-likeness (QED) is 0.00832. The van der Waals surface area contributed by atoms with Gasteiger partial charge in [0.15, 0.2) is 29.1 Å². The summed E-state index contributed by atoms with van der Waals surface area (Å²) in [6, 6.07) is -2.33. The van der Waals surface area contributed by atoms with Crippen LogP contribution in [0.25, 0.3) is 10.4 Å². The average molecular weight is 895 g/mol. The highest BCUT2D eigenvalue weighted by molar-refractivity contribution is 8.76. The van der Waals surface area contributed by atoms with Gasteiger partial charge >= 0.3 is 18.0 Å². The van der Waals surface area contributed by atoms with Crippen LogP contribution < -0.4 is 26.6 Å². The zero-order valence-electron chi connectivity index (χ0n) is 31.8. The van der Waals surface area contributed by atoms with E-state index in [1.54, 1.807) is 0 Å². The lowest BCUT2D eigenvalue weighted by molar-refractivity contribution is -0.137. The molecule has 0 unspecified atom stereocenters. The SMILES string of the molecule is [N-]=[N+]=Nc1c(F)c(F)c(C(=O)N[C@@H](CCCCNC(=O)CCCCCNC(=O)[C@@]2(CCCCC(=O)O)SC[C@@H]3NC(=O)N[C@@H]32)C(=O)CCSSCCC(=O)O)c(F)c1F. The highest BCUT2D eigenvalue weighted by Gasteiger charge is 2.57. The summed E-state index contributed by atoms with van der Waals surface area (Å²) in [4.78, 5) is 87.5. The van der Waals surface area contributed by atoms with Gasteiger partial charge < -0.3 is 36.8 Å². The first-order chi connectivity index (χ1) is 28.1. The number of azide groups is 1. The first-order valence-electron chi connectivity index (χ1n) is 18.8. The fraction of sp³-hybridized carbons (Fsp3) is 0.629. The summed E-state index contributed by atoms with van der Waals surface area (Å²) < 4.78 is 57.1. The number of carbonyl (C=O) groups is 7. The second kappa shape index (κ2) is 24.6. The van der Waals surface area contributed by atoms with E-state index in [0.717, 1.165) is 0 Å².